The molecule has 4 aromatic rings. The lowest BCUT2D eigenvalue weighted by Gasteiger charge is -2.19. The molecule has 1 aliphatic heterocycles. The standard InChI is InChI=1S/C23H23Cl2N7O/c1-14(21-18(24)12-27-13-19(21)25)33-16-3-4-20-17(9-16)22(31-30-20)15-10-28-23(29-11-15)32-7-2-5-26-6-8-32/h3-4,9-14,26H,2,5-8H2,1H3,(H,30,31). The van der Waals surface area contributed by atoms with Crippen LogP contribution in [-0.2, 0) is 0 Å². The molecule has 1 aliphatic rings. The Hall–Kier alpha value is -2.94. The topological polar surface area (TPSA) is 91.8 Å². The SMILES string of the molecule is CC(Oc1ccc2[nH]nc(-c3cnc(N4CCCNCC4)nc3)c2c1)c1c(Cl)cncc1Cl. The normalized spacial score (nSPS) is 15.4. The highest BCUT2D eigenvalue weighted by molar-refractivity contribution is 6.35. The van der Waals surface area contributed by atoms with Gasteiger partial charge < -0.3 is 15.0 Å². The lowest BCUT2D eigenvalue weighted by molar-refractivity contribution is 0.227. The Balaban J connectivity index is 1.40. The van der Waals surface area contributed by atoms with Crippen LogP contribution in [0.5, 0.6) is 5.75 Å². The predicted molar refractivity (Wildman–Crippen MR) is 130 cm³/mol. The summed E-state index contributed by atoms with van der Waals surface area (Å²) in [6.45, 7) is 5.71. The number of hydrogen-bond donors (Lipinski definition) is 2. The smallest absolute Gasteiger partial charge is 0.225 e. The predicted octanol–water partition coefficient (Wildman–Crippen LogP) is 4.66. The lowest BCUT2D eigenvalue weighted by Crippen LogP contribution is -2.29. The van der Waals surface area contributed by atoms with Gasteiger partial charge in [0.25, 0.3) is 0 Å². The van der Waals surface area contributed by atoms with Crippen LogP contribution in [0.25, 0.3) is 22.2 Å². The number of H-pyrrole nitrogens is 1. The van der Waals surface area contributed by atoms with E-state index in [2.05, 4.69) is 35.4 Å². The van der Waals surface area contributed by atoms with Gasteiger partial charge in [0.05, 0.1) is 15.6 Å². The molecule has 1 atom stereocenters. The third-order valence-electron chi connectivity index (χ3n) is 5.68. The fourth-order valence-corrected chi connectivity index (χ4v) is 4.68. The van der Waals surface area contributed by atoms with E-state index in [-0.39, 0.29) is 6.10 Å². The minimum absolute atomic E-state index is 0.355. The zero-order valence-corrected chi connectivity index (χ0v) is 19.6. The van der Waals surface area contributed by atoms with Crippen molar-refractivity contribution in [1.29, 1.82) is 0 Å². The molecule has 0 spiro atoms. The largest absolute Gasteiger partial charge is 0.486 e. The molecule has 1 saturated heterocycles. The number of anilines is 1. The molecular formula is C23H23Cl2N7O. The van der Waals surface area contributed by atoms with Gasteiger partial charge in [0.15, 0.2) is 0 Å². The number of benzene rings is 1. The van der Waals surface area contributed by atoms with Crippen molar-refractivity contribution in [1.82, 2.24) is 30.5 Å². The second kappa shape index (κ2) is 9.51. The minimum Gasteiger partial charge on any atom is -0.486 e. The maximum Gasteiger partial charge on any atom is 0.225 e. The summed E-state index contributed by atoms with van der Waals surface area (Å²) in [5.74, 6) is 1.42. The fourth-order valence-electron chi connectivity index (χ4n) is 4.01. The molecular weight excluding hydrogens is 461 g/mol. The van der Waals surface area contributed by atoms with Crippen molar-refractivity contribution in [3.8, 4) is 17.0 Å². The quantitative estimate of drug-likeness (QED) is 0.426. The first kappa shape index (κ1) is 21.9. The summed E-state index contributed by atoms with van der Waals surface area (Å²) in [5.41, 5.74) is 3.21. The highest BCUT2D eigenvalue weighted by Gasteiger charge is 2.18. The molecule has 0 radical (unpaired) electrons. The van der Waals surface area contributed by atoms with Gasteiger partial charge in [-0.1, -0.05) is 23.2 Å². The van der Waals surface area contributed by atoms with Gasteiger partial charge in [-0.25, -0.2) is 9.97 Å². The Morgan fingerprint density at radius 3 is 2.61 bits per heavy atom. The molecule has 5 rings (SSSR count). The molecule has 0 aliphatic carbocycles. The molecule has 3 aromatic heterocycles. The highest BCUT2D eigenvalue weighted by Crippen LogP contribution is 2.34. The number of ether oxygens (including phenoxy) is 1. The molecule has 10 heteroatoms. The second-order valence-electron chi connectivity index (χ2n) is 7.92. The number of fused-ring (bicyclic) bond motifs is 1. The van der Waals surface area contributed by atoms with E-state index in [1.54, 1.807) is 12.4 Å². The first-order valence-corrected chi connectivity index (χ1v) is 11.6. The zero-order chi connectivity index (χ0) is 22.8. The van der Waals surface area contributed by atoms with E-state index in [4.69, 9.17) is 27.9 Å². The number of rotatable bonds is 5. The summed E-state index contributed by atoms with van der Waals surface area (Å²) in [6, 6.07) is 5.77. The lowest BCUT2D eigenvalue weighted by atomic mass is 10.1. The average Bonchev–Trinajstić information content (AvgIpc) is 3.04. The van der Waals surface area contributed by atoms with Crippen LogP contribution in [0.3, 0.4) is 0 Å². The van der Waals surface area contributed by atoms with Gasteiger partial charge >= 0.3 is 0 Å². The van der Waals surface area contributed by atoms with Gasteiger partial charge in [-0.2, -0.15) is 5.10 Å². The number of hydrogen-bond acceptors (Lipinski definition) is 7. The van der Waals surface area contributed by atoms with Gasteiger partial charge in [0.1, 0.15) is 17.5 Å². The molecule has 0 bridgehead atoms. The summed E-state index contributed by atoms with van der Waals surface area (Å²) < 4.78 is 6.16. The number of aromatic amines is 1. The van der Waals surface area contributed by atoms with E-state index < -0.39 is 0 Å². The first-order valence-electron chi connectivity index (χ1n) is 10.8. The molecule has 4 heterocycles. The van der Waals surface area contributed by atoms with Crippen molar-refractivity contribution >= 4 is 40.1 Å². The van der Waals surface area contributed by atoms with Crippen molar-refractivity contribution in [3.63, 3.8) is 0 Å². The summed E-state index contributed by atoms with van der Waals surface area (Å²) >= 11 is 12.6. The Kier molecular flexibility index (Phi) is 6.30. The van der Waals surface area contributed by atoms with Crippen molar-refractivity contribution < 1.29 is 4.74 Å². The average molecular weight is 484 g/mol. The molecule has 1 unspecified atom stereocenters. The fraction of sp³-hybridized carbons (Fsp3) is 0.304. The van der Waals surface area contributed by atoms with Crippen LogP contribution in [0.15, 0.2) is 43.0 Å². The van der Waals surface area contributed by atoms with Crippen LogP contribution < -0.4 is 15.0 Å². The Morgan fingerprint density at radius 2 is 1.82 bits per heavy atom. The molecule has 2 N–H and O–H groups in total. The van der Waals surface area contributed by atoms with Crippen LogP contribution >= 0.6 is 23.2 Å². The molecule has 170 valence electrons. The third kappa shape index (κ3) is 4.59. The Bertz CT molecular complexity index is 1230. The van der Waals surface area contributed by atoms with E-state index >= 15 is 0 Å². The van der Waals surface area contributed by atoms with Gasteiger partial charge in [-0.05, 0) is 38.1 Å². The molecule has 33 heavy (non-hydrogen) atoms. The van der Waals surface area contributed by atoms with E-state index in [0.29, 0.717) is 21.4 Å². The number of nitrogens with one attached hydrogen (secondary N) is 2. The number of halogens is 2. The molecule has 8 nitrogen and oxygen atoms in total. The van der Waals surface area contributed by atoms with Crippen LogP contribution in [-0.4, -0.2) is 51.3 Å². The third-order valence-corrected chi connectivity index (χ3v) is 6.28. The summed E-state index contributed by atoms with van der Waals surface area (Å²) in [4.78, 5) is 15.4. The Labute approximate surface area is 201 Å². The summed E-state index contributed by atoms with van der Waals surface area (Å²) in [5, 5.41) is 12.8. The highest BCUT2D eigenvalue weighted by atomic mass is 35.5. The van der Waals surface area contributed by atoms with Gasteiger partial charge in [0, 0.05) is 60.9 Å². The molecule has 0 saturated carbocycles. The number of pyridine rings is 1. The second-order valence-corrected chi connectivity index (χ2v) is 8.73. The van der Waals surface area contributed by atoms with Crippen molar-refractivity contribution in [2.24, 2.45) is 0 Å². The maximum absolute atomic E-state index is 6.29. The van der Waals surface area contributed by atoms with Crippen LogP contribution in [0.2, 0.25) is 10.0 Å². The van der Waals surface area contributed by atoms with Crippen molar-refractivity contribution in [2.75, 3.05) is 31.1 Å². The van der Waals surface area contributed by atoms with Crippen LogP contribution in [0, 0.1) is 0 Å². The monoisotopic (exact) mass is 483 g/mol. The van der Waals surface area contributed by atoms with Gasteiger partial charge in [-0.3, -0.25) is 10.1 Å². The Morgan fingerprint density at radius 1 is 1.03 bits per heavy atom. The molecule has 0 amide bonds. The van der Waals surface area contributed by atoms with E-state index in [0.717, 1.165) is 60.7 Å². The maximum atomic E-state index is 6.29. The number of aromatic nitrogens is 5. The van der Waals surface area contributed by atoms with Gasteiger partial charge in [-0.15, -0.1) is 0 Å². The first-order chi connectivity index (χ1) is 16.1. The van der Waals surface area contributed by atoms with Crippen LogP contribution in [0.1, 0.15) is 25.0 Å². The summed E-state index contributed by atoms with van der Waals surface area (Å²) in [7, 11) is 0. The van der Waals surface area contributed by atoms with E-state index in [1.807, 2.05) is 37.5 Å². The number of nitrogens with zero attached hydrogens (tertiary/aromatic N) is 5. The molecule has 1 aromatic carbocycles. The molecule has 1 fully saturated rings. The van der Waals surface area contributed by atoms with Crippen molar-refractivity contribution in [2.45, 2.75) is 19.4 Å². The zero-order valence-electron chi connectivity index (χ0n) is 18.1. The minimum atomic E-state index is -0.355. The van der Waals surface area contributed by atoms with Crippen LogP contribution in [0.4, 0.5) is 5.95 Å². The van der Waals surface area contributed by atoms with E-state index in [9.17, 15) is 0 Å². The van der Waals surface area contributed by atoms with E-state index in [1.165, 1.54) is 0 Å². The van der Waals surface area contributed by atoms with Crippen molar-refractivity contribution in [3.05, 3.63) is 58.6 Å². The summed E-state index contributed by atoms with van der Waals surface area (Å²) in [6.07, 6.45) is 7.49. The van der Waals surface area contributed by atoms with Gasteiger partial charge in [0.2, 0.25) is 5.95 Å².